The smallest absolute Gasteiger partial charge is 0.475 e. The number of ether oxygens (including phenoxy) is 1. The number of carbonyl (C=O) groups is 2. The summed E-state index contributed by atoms with van der Waals surface area (Å²) in [6.07, 6.45) is -6.01. The molecule has 2 aromatic carbocycles. The summed E-state index contributed by atoms with van der Waals surface area (Å²) in [4.78, 5) is 42.4. The zero-order valence-corrected chi connectivity index (χ0v) is 25.0. The van der Waals surface area contributed by atoms with Gasteiger partial charge in [0, 0.05) is 38.4 Å². The summed E-state index contributed by atoms with van der Waals surface area (Å²) in [7, 11) is 0. The van der Waals surface area contributed by atoms with Gasteiger partial charge in [-0.25, -0.2) is 9.78 Å². The van der Waals surface area contributed by atoms with Crippen molar-refractivity contribution in [2.75, 3.05) is 13.1 Å². The standard InChI is InChI=1S/C28H29F3N4O3S.C2HF3O2/c29-28(30,31)38-21-11-9-18(10-12-21)17-32-15-13-23(36)34-16-14-22-24(27(34)39)26(37)35(20-7-2-1-3-8-20)25(33-22)19-5-4-6-19;3-2(4,5)1(6)7/h1-3,7-12,19,27,32,39H,4-6,13-17H2;(H,6,7). The van der Waals surface area contributed by atoms with Crippen LogP contribution in [-0.4, -0.2) is 57.1 Å². The van der Waals surface area contributed by atoms with E-state index in [4.69, 9.17) is 27.5 Å². The van der Waals surface area contributed by atoms with Gasteiger partial charge in [0.15, 0.2) is 0 Å². The van der Waals surface area contributed by atoms with E-state index in [1.54, 1.807) is 9.47 Å². The molecule has 1 unspecified atom stereocenters. The largest absolute Gasteiger partial charge is 0.573 e. The van der Waals surface area contributed by atoms with E-state index < -0.39 is 23.9 Å². The Kier molecular flexibility index (Phi) is 11.0. The maximum absolute atomic E-state index is 13.8. The lowest BCUT2D eigenvalue weighted by Crippen LogP contribution is -2.44. The van der Waals surface area contributed by atoms with Gasteiger partial charge in [0.05, 0.1) is 16.9 Å². The van der Waals surface area contributed by atoms with Crippen molar-refractivity contribution in [1.82, 2.24) is 19.8 Å². The first-order valence-corrected chi connectivity index (χ1v) is 14.7. The monoisotopic (exact) mass is 672 g/mol. The molecule has 1 aromatic heterocycles. The Labute approximate surface area is 264 Å². The number of rotatable bonds is 8. The number of amides is 1. The Balaban J connectivity index is 0.000000617. The van der Waals surface area contributed by atoms with Crippen LogP contribution in [0.4, 0.5) is 26.3 Å². The van der Waals surface area contributed by atoms with E-state index in [0.717, 1.165) is 36.3 Å². The highest BCUT2D eigenvalue weighted by atomic mass is 32.1. The van der Waals surface area contributed by atoms with Gasteiger partial charge in [-0.3, -0.25) is 14.2 Å². The first-order valence-electron chi connectivity index (χ1n) is 14.2. The molecular formula is C30H30F6N4O5S. The number of nitrogens with one attached hydrogen (secondary N) is 1. The minimum Gasteiger partial charge on any atom is -0.475 e. The van der Waals surface area contributed by atoms with E-state index >= 15 is 0 Å². The number of nitrogens with zero attached hydrogens (tertiary/aromatic N) is 3. The average molecular weight is 673 g/mol. The van der Waals surface area contributed by atoms with E-state index in [1.165, 1.54) is 24.3 Å². The zero-order chi connectivity index (χ0) is 33.6. The molecule has 0 spiro atoms. The zero-order valence-electron chi connectivity index (χ0n) is 24.1. The van der Waals surface area contributed by atoms with Gasteiger partial charge in [-0.15, -0.1) is 25.8 Å². The fourth-order valence-corrected chi connectivity index (χ4v) is 5.46. The van der Waals surface area contributed by atoms with Crippen molar-refractivity contribution in [3.8, 4) is 11.4 Å². The van der Waals surface area contributed by atoms with Gasteiger partial charge in [-0.1, -0.05) is 36.8 Å². The number of carboxylic acid groups (broad SMARTS) is 1. The molecule has 1 atom stereocenters. The van der Waals surface area contributed by atoms with Gasteiger partial charge >= 0.3 is 18.5 Å². The van der Waals surface area contributed by atoms with Gasteiger partial charge in [-0.2, -0.15) is 13.2 Å². The van der Waals surface area contributed by atoms with Crippen LogP contribution in [0.1, 0.15) is 59.6 Å². The molecule has 248 valence electrons. The summed E-state index contributed by atoms with van der Waals surface area (Å²) in [5, 5.41) is 9.56. The van der Waals surface area contributed by atoms with Crippen molar-refractivity contribution in [2.24, 2.45) is 0 Å². The highest BCUT2D eigenvalue weighted by Crippen LogP contribution is 2.38. The summed E-state index contributed by atoms with van der Waals surface area (Å²) in [5.74, 6) is -2.14. The Morgan fingerprint density at radius 2 is 1.65 bits per heavy atom. The lowest BCUT2D eigenvalue weighted by Gasteiger charge is -2.35. The number of halogens is 6. The van der Waals surface area contributed by atoms with Crippen molar-refractivity contribution >= 4 is 24.5 Å². The molecule has 0 radical (unpaired) electrons. The summed E-state index contributed by atoms with van der Waals surface area (Å²) in [6, 6.07) is 15.0. The maximum atomic E-state index is 13.8. The van der Waals surface area contributed by atoms with E-state index in [2.05, 4.69) is 10.1 Å². The molecule has 1 fully saturated rings. The van der Waals surface area contributed by atoms with E-state index in [1.807, 2.05) is 30.3 Å². The SMILES string of the molecule is O=C(CCNCc1ccc(OC(F)(F)F)cc1)N1CCc2nc(C3CCC3)n(-c3ccccc3)c(=O)c2C1S.O=C(O)C(F)(F)F. The molecule has 0 saturated heterocycles. The van der Waals surface area contributed by atoms with Gasteiger partial charge in [0.25, 0.3) is 5.56 Å². The van der Waals surface area contributed by atoms with Crippen LogP contribution in [0.5, 0.6) is 5.75 Å². The Morgan fingerprint density at radius 1 is 1.02 bits per heavy atom. The van der Waals surface area contributed by atoms with Crippen molar-refractivity contribution < 1.29 is 45.8 Å². The number of benzene rings is 2. The third-order valence-corrected chi connectivity index (χ3v) is 7.95. The summed E-state index contributed by atoms with van der Waals surface area (Å²) in [6.45, 7) is 1.16. The van der Waals surface area contributed by atoms with Crippen LogP contribution < -0.4 is 15.6 Å². The van der Waals surface area contributed by atoms with E-state index in [-0.39, 0.29) is 29.6 Å². The van der Waals surface area contributed by atoms with Crippen LogP contribution in [0.2, 0.25) is 0 Å². The molecule has 1 aliphatic heterocycles. The molecule has 46 heavy (non-hydrogen) atoms. The molecule has 3 aromatic rings. The van der Waals surface area contributed by atoms with Crippen molar-refractivity contribution in [2.45, 2.75) is 62.5 Å². The van der Waals surface area contributed by atoms with Gasteiger partial charge in [0.1, 0.15) is 16.9 Å². The fraction of sp³-hybridized carbons (Fsp3) is 0.400. The second-order valence-corrected chi connectivity index (χ2v) is 11.1. The lowest BCUT2D eigenvalue weighted by molar-refractivity contribution is -0.274. The first-order chi connectivity index (χ1) is 21.7. The fourth-order valence-electron chi connectivity index (χ4n) is 4.96. The predicted octanol–water partition coefficient (Wildman–Crippen LogP) is 5.52. The third-order valence-electron chi connectivity index (χ3n) is 7.42. The highest BCUT2D eigenvalue weighted by Gasteiger charge is 2.38. The molecule has 2 aliphatic rings. The lowest BCUT2D eigenvalue weighted by atomic mass is 9.84. The minimum atomic E-state index is -5.08. The van der Waals surface area contributed by atoms with Crippen molar-refractivity contribution in [3.05, 3.63) is 87.6 Å². The molecule has 2 N–H and O–H groups in total. The molecule has 16 heteroatoms. The Morgan fingerprint density at radius 3 is 2.20 bits per heavy atom. The van der Waals surface area contributed by atoms with Crippen molar-refractivity contribution in [1.29, 1.82) is 0 Å². The average Bonchev–Trinajstić information content (AvgIpc) is 2.95. The van der Waals surface area contributed by atoms with Crippen LogP contribution >= 0.6 is 12.6 Å². The number of carbonyl (C=O) groups excluding carboxylic acids is 1. The van der Waals surface area contributed by atoms with Crippen LogP contribution in [0.25, 0.3) is 5.69 Å². The number of aliphatic carboxylic acids is 1. The molecule has 1 saturated carbocycles. The molecular weight excluding hydrogens is 642 g/mol. The van der Waals surface area contributed by atoms with Crippen LogP contribution in [0, 0.1) is 0 Å². The van der Waals surface area contributed by atoms with Gasteiger partial charge in [-0.05, 0) is 42.7 Å². The topological polar surface area (TPSA) is 114 Å². The molecule has 2 heterocycles. The molecule has 5 rings (SSSR count). The summed E-state index contributed by atoms with van der Waals surface area (Å²) < 4.78 is 74.3. The number of thiol groups is 1. The first kappa shape index (κ1) is 34.8. The molecule has 1 amide bonds. The van der Waals surface area contributed by atoms with Gasteiger partial charge in [0.2, 0.25) is 5.91 Å². The Hall–Kier alpha value is -4.05. The molecule has 9 nitrogen and oxygen atoms in total. The number of aromatic nitrogens is 2. The Bertz CT molecular complexity index is 1580. The minimum absolute atomic E-state index is 0.143. The highest BCUT2D eigenvalue weighted by molar-refractivity contribution is 7.80. The second kappa shape index (κ2) is 14.6. The van der Waals surface area contributed by atoms with E-state index in [9.17, 15) is 35.9 Å². The number of fused-ring (bicyclic) bond motifs is 1. The molecule has 0 bridgehead atoms. The number of para-hydroxylation sites is 1. The summed E-state index contributed by atoms with van der Waals surface area (Å²) in [5.41, 5.74) is 2.49. The predicted molar refractivity (Wildman–Crippen MR) is 157 cm³/mol. The van der Waals surface area contributed by atoms with Crippen LogP contribution in [-0.2, 0) is 22.6 Å². The number of carboxylic acids is 1. The number of alkyl halides is 6. The third kappa shape index (κ3) is 8.81. The number of hydrogen-bond donors (Lipinski definition) is 3. The summed E-state index contributed by atoms with van der Waals surface area (Å²) >= 11 is 4.71. The van der Waals surface area contributed by atoms with Crippen LogP contribution in [0.3, 0.4) is 0 Å². The maximum Gasteiger partial charge on any atom is 0.573 e. The number of hydrogen-bond acceptors (Lipinski definition) is 7. The molecule has 1 aliphatic carbocycles. The van der Waals surface area contributed by atoms with Crippen LogP contribution in [0.15, 0.2) is 59.4 Å². The normalized spacial score (nSPS) is 16.5. The second-order valence-electron chi connectivity index (χ2n) is 10.6. The van der Waals surface area contributed by atoms with Gasteiger partial charge < -0.3 is 20.1 Å². The van der Waals surface area contributed by atoms with E-state index in [0.29, 0.717) is 37.3 Å². The quantitative estimate of drug-likeness (QED) is 0.164. The van der Waals surface area contributed by atoms with Crippen molar-refractivity contribution in [3.63, 3.8) is 0 Å².